The maximum atomic E-state index is 12.2. The number of hydrogen-bond donors (Lipinski definition) is 2. The summed E-state index contributed by atoms with van der Waals surface area (Å²) in [5, 5.41) is 2.60. The molecule has 1 heterocycles. The van der Waals surface area contributed by atoms with Crippen molar-refractivity contribution in [3.8, 4) is 0 Å². The van der Waals surface area contributed by atoms with E-state index in [0.717, 1.165) is 0 Å². The van der Waals surface area contributed by atoms with Gasteiger partial charge in [-0.1, -0.05) is 12.6 Å². The number of carbonyl (C=O) groups is 1. The van der Waals surface area contributed by atoms with Crippen LogP contribution < -0.4 is 10.0 Å². The van der Waals surface area contributed by atoms with Crippen LogP contribution in [0.15, 0.2) is 65.7 Å². The molecule has 0 spiro atoms. The van der Waals surface area contributed by atoms with Crippen molar-refractivity contribution in [1.29, 1.82) is 0 Å². The van der Waals surface area contributed by atoms with Gasteiger partial charge in [-0.3, -0.25) is 9.52 Å². The number of anilines is 2. The topological polar surface area (TPSA) is 88.2 Å². The van der Waals surface area contributed by atoms with Crippen LogP contribution in [-0.4, -0.2) is 19.3 Å². The normalized spacial score (nSPS) is 10.8. The largest absolute Gasteiger partial charge is 0.322 e. The Labute approximate surface area is 129 Å². The Hall–Kier alpha value is -2.67. The lowest BCUT2D eigenvalue weighted by Gasteiger charge is -2.08. The Balaban J connectivity index is 2.15. The van der Waals surface area contributed by atoms with Crippen molar-refractivity contribution >= 4 is 27.4 Å². The van der Waals surface area contributed by atoms with Gasteiger partial charge in [-0.15, -0.1) is 0 Å². The zero-order valence-corrected chi connectivity index (χ0v) is 12.7. The highest BCUT2D eigenvalue weighted by Crippen LogP contribution is 2.17. The van der Waals surface area contributed by atoms with Crippen LogP contribution in [0.5, 0.6) is 0 Å². The van der Waals surface area contributed by atoms with E-state index in [1.54, 1.807) is 25.1 Å². The zero-order valence-electron chi connectivity index (χ0n) is 11.9. The molecule has 2 aromatic rings. The molecule has 0 aliphatic heterocycles. The monoisotopic (exact) mass is 317 g/mol. The van der Waals surface area contributed by atoms with Gasteiger partial charge in [-0.2, -0.15) is 0 Å². The van der Waals surface area contributed by atoms with Gasteiger partial charge in [0.05, 0.1) is 4.90 Å². The van der Waals surface area contributed by atoms with Crippen LogP contribution in [-0.2, 0) is 14.8 Å². The van der Waals surface area contributed by atoms with Crippen LogP contribution in [0.25, 0.3) is 0 Å². The van der Waals surface area contributed by atoms with Crippen molar-refractivity contribution in [1.82, 2.24) is 4.98 Å². The van der Waals surface area contributed by atoms with E-state index in [0.29, 0.717) is 11.3 Å². The molecule has 1 aromatic carbocycles. The number of rotatable bonds is 5. The molecular formula is C15H15N3O3S. The minimum absolute atomic E-state index is 0.0754. The summed E-state index contributed by atoms with van der Waals surface area (Å²) in [5.41, 5.74) is 0.860. The Kier molecular flexibility index (Phi) is 4.57. The van der Waals surface area contributed by atoms with Crippen molar-refractivity contribution in [2.75, 3.05) is 10.0 Å². The molecular weight excluding hydrogens is 302 g/mol. The summed E-state index contributed by atoms with van der Waals surface area (Å²) in [5.74, 6) is -0.0793. The van der Waals surface area contributed by atoms with Crippen molar-refractivity contribution in [3.63, 3.8) is 0 Å². The molecule has 0 aliphatic carbocycles. The molecule has 2 rings (SSSR count). The highest BCUT2D eigenvalue weighted by molar-refractivity contribution is 7.92. The van der Waals surface area contributed by atoms with Crippen LogP contribution in [0.3, 0.4) is 0 Å². The van der Waals surface area contributed by atoms with Gasteiger partial charge < -0.3 is 5.32 Å². The molecule has 0 saturated heterocycles. The maximum absolute atomic E-state index is 12.2. The van der Waals surface area contributed by atoms with E-state index in [9.17, 15) is 13.2 Å². The Morgan fingerprint density at radius 2 is 1.82 bits per heavy atom. The Morgan fingerprint density at radius 3 is 2.36 bits per heavy atom. The summed E-state index contributed by atoms with van der Waals surface area (Å²) in [6.45, 7) is 5.12. The molecule has 114 valence electrons. The van der Waals surface area contributed by atoms with Gasteiger partial charge in [0.15, 0.2) is 0 Å². The molecule has 0 bridgehead atoms. The minimum Gasteiger partial charge on any atom is -0.322 e. The summed E-state index contributed by atoms with van der Waals surface area (Å²) in [7, 11) is -3.72. The molecule has 0 atom stereocenters. The average Bonchev–Trinajstić information content (AvgIpc) is 2.48. The van der Waals surface area contributed by atoms with Gasteiger partial charge in [0, 0.05) is 17.5 Å². The van der Waals surface area contributed by atoms with Gasteiger partial charge >= 0.3 is 0 Å². The van der Waals surface area contributed by atoms with Crippen LogP contribution in [0, 0.1) is 0 Å². The third-order valence-electron chi connectivity index (χ3n) is 2.71. The lowest BCUT2D eigenvalue weighted by molar-refractivity contribution is -0.112. The number of hydrogen-bond acceptors (Lipinski definition) is 4. The van der Waals surface area contributed by atoms with E-state index in [1.807, 2.05) is 0 Å². The first-order valence-corrected chi connectivity index (χ1v) is 7.87. The maximum Gasteiger partial charge on any atom is 0.263 e. The number of carbonyl (C=O) groups excluding carboxylic acids is 1. The van der Waals surface area contributed by atoms with Gasteiger partial charge in [0.25, 0.3) is 15.9 Å². The van der Waals surface area contributed by atoms with Crippen molar-refractivity contribution in [3.05, 3.63) is 60.8 Å². The molecule has 0 aliphatic rings. The summed E-state index contributed by atoms with van der Waals surface area (Å²) in [4.78, 5) is 15.5. The quantitative estimate of drug-likeness (QED) is 0.829. The fourth-order valence-corrected chi connectivity index (χ4v) is 2.58. The molecule has 2 N–H and O–H groups in total. The first-order chi connectivity index (χ1) is 10.4. The van der Waals surface area contributed by atoms with Gasteiger partial charge in [0.2, 0.25) is 0 Å². The second kappa shape index (κ2) is 6.40. The van der Waals surface area contributed by atoms with E-state index in [4.69, 9.17) is 0 Å². The highest BCUT2D eigenvalue weighted by atomic mass is 32.2. The standard InChI is InChI=1S/C15H15N3O3S/c1-11(2)15(19)17-12-6-8-13(9-7-12)22(20,21)18-14-5-3-4-10-16-14/h3-10H,1H2,2H3,(H,16,18)(H,17,19). The fraction of sp³-hybridized carbons (Fsp3) is 0.0667. The van der Waals surface area contributed by atoms with Crippen molar-refractivity contribution in [2.24, 2.45) is 0 Å². The summed E-state index contributed by atoms with van der Waals surface area (Å²) in [6, 6.07) is 10.7. The number of sulfonamides is 1. The van der Waals surface area contributed by atoms with E-state index in [2.05, 4.69) is 21.6 Å². The number of amides is 1. The van der Waals surface area contributed by atoms with Gasteiger partial charge in [-0.05, 0) is 43.3 Å². The van der Waals surface area contributed by atoms with Crippen LogP contribution in [0.4, 0.5) is 11.5 Å². The third kappa shape index (κ3) is 3.92. The average molecular weight is 317 g/mol. The number of benzene rings is 1. The molecule has 0 fully saturated rings. The van der Waals surface area contributed by atoms with Crippen molar-refractivity contribution in [2.45, 2.75) is 11.8 Å². The van der Waals surface area contributed by atoms with E-state index in [1.165, 1.54) is 30.5 Å². The number of nitrogens with one attached hydrogen (secondary N) is 2. The van der Waals surface area contributed by atoms with Crippen LogP contribution >= 0.6 is 0 Å². The van der Waals surface area contributed by atoms with E-state index in [-0.39, 0.29) is 16.6 Å². The first kappa shape index (κ1) is 15.7. The van der Waals surface area contributed by atoms with Crippen molar-refractivity contribution < 1.29 is 13.2 Å². The molecule has 6 nitrogen and oxygen atoms in total. The predicted octanol–water partition coefficient (Wildman–Crippen LogP) is 2.40. The molecule has 0 unspecified atom stereocenters. The second-order valence-electron chi connectivity index (χ2n) is 4.58. The summed E-state index contributed by atoms with van der Waals surface area (Å²) >= 11 is 0. The Bertz CT molecular complexity index is 785. The third-order valence-corrected chi connectivity index (χ3v) is 4.08. The molecule has 7 heteroatoms. The number of nitrogens with zero attached hydrogens (tertiary/aromatic N) is 1. The van der Waals surface area contributed by atoms with Gasteiger partial charge in [-0.25, -0.2) is 13.4 Å². The smallest absolute Gasteiger partial charge is 0.263 e. The predicted molar refractivity (Wildman–Crippen MR) is 84.9 cm³/mol. The van der Waals surface area contributed by atoms with Gasteiger partial charge in [0.1, 0.15) is 5.82 Å². The zero-order chi connectivity index (χ0) is 16.2. The fourth-order valence-electron chi connectivity index (χ4n) is 1.57. The highest BCUT2D eigenvalue weighted by Gasteiger charge is 2.14. The number of pyridine rings is 1. The summed E-state index contributed by atoms with van der Waals surface area (Å²) in [6.07, 6.45) is 1.49. The molecule has 1 aromatic heterocycles. The number of aromatic nitrogens is 1. The van der Waals surface area contributed by atoms with E-state index < -0.39 is 10.0 Å². The first-order valence-electron chi connectivity index (χ1n) is 6.39. The minimum atomic E-state index is -3.72. The Morgan fingerprint density at radius 1 is 1.14 bits per heavy atom. The van der Waals surface area contributed by atoms with Crippen LogP contribution in [0.1, 0.15) is 6.92 Å². The van der Waals surface area contributed by atoms with Crippen LogP contribution in [0.2, 0.25) is 0 Å². The summed E-state index contributed by atoms with van der Waals surface area (Å²) < 4.78 is 26.8. The lowest BCUT2D eigenvalue weighted by Crippen LogP contribution is -2.14. The molecule has 0 saturated carbocycles. The molecule has 22 heavy (non-hydrogen) atoms. The molecule has 0 radical (unpaired) electrons. The lowest BCUT2D eigenvalue weighted by atomic mass is 10.3. The van der Waals surface area contributed by atoms with E-state index >= 15 is 0 Å². The SMILES string of the molecule is C=C(C)C(=O)Nc1ccc(S(=O)(=O)Nc2ccccn2)cc1. The molecule has 1 amide bonds. The second-order valence-corrected chi connectivity index (χ2v) is 6.26.